The molecule has 1 aromatic carbocycles. The molecule has 2 rings (SSSR count). The summed E-state index contributed by atoms with van der Waals surface area (Å²) in [5.74, 6) is -0.960. The zero-order valence-corrected chi connectivity index (χ0v) is 14.3. The second-order valence-electron chi connectivity index (χ2n) is 6.31. The van der Waals surface area contributed by atoms with Crippen LogP contribution in [0.1, 0.15) is 25.8 Å². The van der Waals surface area contributed by atoms with Gasteiger partial charge in [-0.3, -0.25) is 9.59 Å². The summed E-state index contributed by atoms with van der Waals surface area (Å²) >= 11 is 6.09. The van der Waals surface area contributed by atoms with Gasteiger partial charge in [0, 0.05) is 13.1 Å². The molecule has 1 heterocycles. The van der Waals surface area contributed by atoms with Gasteiger partial charge < -0.3 is 14.7 Å². The Morgan fingerprint density at radius 3 is 2.74 bits per heavy atom. The molecular formula is C17H22ClNO4. The molecule has 0 saturated carbocycles. The number of likely N-dealkylation sites (tertiary alicyclic amines) is 1. The molecule has 1 saturated heterocycles. The molecule has 0 aromatic heterocycles. The van der Waals surface area contributed by atoms with Gasteiger partial charge in [0.05, 0.1) is 10.9 Å². The number of nitrogens with zero attached hydrogens (tertiary/aromatic N) is 1. The zero-order valence-electron chi connectivity index (χ0n) is 13.6. The van der Waals surface area contributed by atoms with Gasteiger partial charge in [-0.05, 0) is 43.9 Å². The highest BCUT2D eigenvalue weighted by Gasteiger charge is 2.34. The fourth-order valence-corrected chi connectivity index (χ4v) is 3.07. The van der Waals surface area contributed by atoms with Crippen molar-refractivity contribution in [3.05, 3.63) is 28.8 Å². The molecule has 6 heteroatoms. The van der Waals surface area contributed by atoms with Gasteiger partial charge in [0.1, 0.15) is 5.75 Å². The Kier molecular flexibility index (Phi) is 5.52. The molecule has 0 bridgehead atoms. The van der Waals surface area contributed by atoms with Gasteiger partial charge in [-0.15, -0.1) is 0 Å². The minimum Gasteiger partial charge on any atom is -0.481 e. The second-order valence-corrected chi connectivity index (χ2v) is 6.72. The molecule has 126 valence electrons. The average molecular weight is 340 g/mol. The first-order valence-corrected chi connectivity index (χ1v) is 8.10. The molecular weight excluding hydrogens is 318 g/mol. The van der Waals surface area contributed by atoms with Crippen LogP contribution in [-0.2, 0) is 9.59 Å². The van der Waals surface area contributed by atoms with Crippen LogP contribution in [0.15, 0.2) is 18.2 Å². The number of amides is 1. The molecule has 5 nitrogen and oxygen atoms in total. The molecule has 3 atom stereocenters. The molecule has 1 aromatic rings. The van der Waals surface area contributed by atoms with Crippen molar-refractivity contribution in [2.75, 3.05) is 13.1 Å². The van der Waals surface area contributed by atoms with E-state index in [4.69, 9.17) is 16.3 Å². The van der Waals surface area contributed by atoms with Crippen molar-refractivity contribution < 1.29 is 19.4 Å². The first-order chi connectivity index (χ1) is 10.8. The van der Waals surface area contributed by atoms with Gasteiger partial charge in [0.25, 0.3) is 5.91 Å². The predicted molar refractivity (Wildman–Crippen MR) is 87.8 cm³/mol. The Bertz CT molecular complexity index is 604. The van der Waals surface area contributed by atoms with Crippen molar-refractivity contribution in [3.8, 4) is 5.75 Å². The predicted octanol–water partition coefficient (Wildman–Crippen LogP) is 2.98. The summed E-state index contributed by atoms with van der Waals surface area (Å²) in [7, 11) is 0. The smallest absolute Gasteiger partial charge is 0.308 e. The number of hydrogen-bond donors (Lipinski definition) is 1. The quantitative estimate of drug-likeness (QED) is 0.915. The van der Waals surface area contributed by atoms with Crippen molar-refractivity contribution in [1.82, 2.24) is 4.90 Å². The highest BCUT2D eigenvalue weighted by molar-refractivity contribution is 6.32. The molecule has 23 heavy (non-hydrogen) atoms. The molecule has 1 N–H and O–H groups in total. The summed E-state index contributed by atoms with van der Waals surface area (Å²) < 4.78 is 5.70. The van der Waals surface area contributed by atoms with Crippen LogP contribution in [0.25, 0.3) is 0 Å². The Morgan fingerprint density at radius 1 is 1.39 bits per heavy atom. The SMILES string of the molecule is Cc1ccc(Cl)c(OC(C)C(=O)N2CC(C)CC(C(=O)O)C2)c1. The molecule has 1 aliphatic heterocycles. The van der Waals surface area contributed by atoms with E-state index in [1.54, 1.807) is 24.0 Å². The molecule has 0 radical (unpaired) electrons. The maximum Gasteiger partial charge on any atom is 0.308 e. The van der Waals surface area contributed by atoms with E-state index < -0.39 is 18.0 Å². The topological polar surface area (TPSA) is 66.8 Å². The lowest BCUT2D eigenvalue weighted by atomic mass is 9.90. The Balaban J connectivity index is 2.06. The van der Waals surface area contributed by atoms with Gasteiger partial charge in [-0.25, -0.2) is 0 Å². The summed E-state index contributed by atoms with van der Waals surface area (Å²) in [6.07, 6.45) is -0.119. The van der Waals surface area contributed by atoms with E-state index in [1.165, 1.54) is 0 Å². The van der Waals surface area contributed by atoms with Crippen molar-refractivity contribution in [2.45, 2.75) is 33.3 Å². The van der Waals surface area contributed by atoms with Crippen molar-refractivity contribution in [3.63, 3.8) is 0 Å². The average Bonchev–Trinajstić information content (AvgIpc) is 2.49. The fraction of sp³-hybridized carbons (Fsp3) is 0.529. The minimum absolute atomic E-state index is 0.156. The van der Waals surface area contributed by atoms with Gasteiger partial charge >= 0.3 is 5.97 Å². The Morgan fingerprint density at radius 2 is 2.09 bits per heavy atom. The number of halogens is 1. The number of rotatable bonds is 4. The van der Waals surface area contributed by atoms with E-state index in [0.717, 1.165) is 5.56 Å². The molecule has 3 unspecified atom stereocenters. The van der Waals surface area contributed by atoms with Crippen LogP contribution in [0.3, 0.4) is 0 Å². The van der Waals surface area contributed by atoms with Crippen LogP contribution in [0.5, 0.6) is 5.75 Å². The number of aryl methyl sites for hydroxylation is 1. The summed E-state index contributed by atoms with van der Waals surface area (Å²) in [6, 6.07) is 5.38. The van der Waals surface area contributed by atoms with Crippen molar-refractivity contribution in [1.29, 1.82) is 0 Å². The normalized spacial score (nSPS) is 22.5. The first-order valence-electron chi connectivity index (χ1n) is 7.72. The van der Waals surface area contributed by atoms with Crippen LogP contribution in [0.4, 0.5) is 0 Å². The second kappa shape index (κ2) is 7.21. The van der Waals surface area contributed by atoms with E-state index in [1.807, 2.05) is 19.9 Å². The van der Waals surface area contributed by atoms with Gasteiger partial charge in [0.2, 0.25) is 0 Å². The van der Waals surface area contributed by atoms with E-state index in [0.29, 0.717) is 23.7 Å². The number of carbonyl (C=O) groups is 2. The van der Waals surface area contributed by atoms with E-state index in [9.17, 15) is 14.7 Å². The summed E-state index contributed by atoms with van der Waals surface area (Å²) in [5.41, 5.74) is 0.988. The largest absolute Gasteiger partial charge is 0.481 e. The number of aliphatic carboxylic acids is 1. The van der Waals surface area contributed by atoms with Crippen LogP contribution in [0, 0.1) is 18.8 Å². The highest BCUT2D eigenvalue weighted by Crippen LogP contribution is 2.27. The number of hydrogen-bond acceptors (Lipinski definition) is 3. The Hall–Kier alpha value is -1.75. The van der Waals surface area contributed by atoms with Crippen molar-refractivity contribution in [2.24, 2.45) is 11.8 Å². The number of piperidine rings is 1. The highest BCUT2D eigenvalue weighted by atomic mass is 35.5. The van der Waals surface area contributed by atoms with E-state index >= 15 is 0 Å². The molecule has 1 aliphatic rings. The summed E-state index contributed by atoms with van der Waals surface area (Å²) in [4.78, 5) is 25.4. The van der Waals surface area contributed by atoms with Crippen LogP contribution >= 0.6 is 11.6 Å². The standard InChI is InChI=1S/C17H22ClNO4/c1-10-4-5-14(18)15(7-10)23-12(3)16(20)19-8-11(2)6-13(9-19)17(21)22/h4-5,7,11-13H,6,8-9H2,1-3H3,(H,21,22). The van der Waals surface area contributed by atoms with Gasteiger partial charge in [0.15, 0.2) is 6.10 Å². The number of carboxylic acids is 1. The minimum atomic E-state index is -0.857. The van der Waals surface area contributed by atoms with Crippen LogP contribution < -0.4 is 4.74 Å². The van der Waals surface area contributed by atoms with E-state index in [-0.39, 0.29) is 18.4 Å². The third kappa shape index (κ3) is 4.38. The lowest BCUT2D eigenvalue weighted by Crippen LogP contribution is -2.49. The third-order valence-corrected chi connectivity index (χ3v) is 4.37. The summed E-state index contributed by atoms with van der Waals surface area (Å²) in [5, 5.41) is 9.66. The summed E-state index contributed by atoms with van der Waals surface area (Å²) in [6.45, 7) is 6.32. The van der Waals surface area contributed by atoms with E-state index in [2.05, 4.69) is 0 Å². The molecule has 1 amide bonds. The van der Waals surface area contributed by atoms with Crippen molar-refractivity contribution >= 4 is 23.5 Å². The van der Waals surface area contributed by atoms with Crippen LogP contribution in [-0.4, -0.2) is 41.1 Å². The Labute approximate surface area is 141 Å². The maximum absolute atomic E-state index is 12.6. The fourth-order valence-electron chi connectivity index (χ4n) is 2.91. The molecule has 0 aliphatic carbocycles. The molecule has 0 spiro atoms. The number of carboxylic acid groups (broad SMARTS) is 1. The van der Waals surface area contributed by atoms with Gasteiger partial charge in [-0.2, -0.15) is 0 Å². The number of ether oxygens (including phenoxy) is 1. The monoisotopic (exact) mass is 339 g/mol. The van der Waals surface area contributed by atoms with Crippen LogP contribution in [0.2, 0.25) is 5.02 Å². The van der Waals surface area contributed by atoms with Gasteiger partial charge in [-0.1, -0.05) is 24.6 Å². The number of carbonyl (C=O) groups excluding carboxylic acids is 1. The molecule has 1 fully saturated rings. The maximum atomic E-state index is 12.6. The zero-order chi connectivity index (χ0) is 17.1. The lowest BCUT2D eigenvalue weighted by Gasteiger charge is -2.36. The first kappa shape index (κ1) is 17.6. The lowest BCUT2D eigenvalue weighted by molar-refractivity contribution is -0.149. The third-order valence-electron chi connectivity index (χ3n) is 4.06. The number of benzene rings is 1.